The highest BCUT2D eigenvalue weighted by Crippen LogP contribution is 2.32. The summed E-state index contributed by atoms with van der Waals surface area (Å²) in [6, 6.07) is 0. The molecule has 6 heteroatoms. The fourth-order valence-electron chi connectivity index (χ4n) is 2.69. The molecule has 0 radical (unpaired) electrons. The van der Waals surface area contributed by atoms with E-state index >= 15 is 0 Å². The van der Waals surface area contributed by atoms with E-state index in [-0.39, 0.29) is 5.25 Å². The van der Waals surface area contributed by atoms with Gasteiger partial charge in [-0.25, -0.2) is 13.1 Å². The van der Waals surface area contributed by atoms with E-state index in [1.165, 1.54) is 0 Å². The van der Waals surface area contributed by atoms with E-state index in [1.54, 1.807) is 0 Å². The molecule has 17 heavy (non-hydrogen) atoms. The van der Waals surface area contributed by atoms with Gasteiger partial charge in [-0.2, -0.15) is 0 Å². The van der Waals surface area contributed by atoms with Crippen molar-refractivity contribution in [3.8, 4) is 0 Å². The molecule has 100 valence electrons. The SMILES string of the molecule is O=S(=O)(NC1(CCl)CCCC1)C1CCOCC1. The summed E-state index contributed by atoms with van der Waals surface area (Å²) in [6.07, 6.45) is 5.02. The Kier molecular flexibility index (Phi) is 4.34. The maximum atomic E-state index is 12.3. The molecule has 0 amide bonds. The van der Waals surface area contributed by atoms with Gasteiger partial charge in [-0.05, 0) is 25.7 Å². The summed E-state index contributed by atoms with van der Waals surface area (Å²) in [5.74, 6) is 0.370. The molecule has 1 aliphatic carbocycles. The molecular formula is C11H20ClNO3S. The van der Waals surface area contributed by atoms with Crippen molar-refractivity contribution in [2.24, 2.45) is 0 Å². The quantitative estimate of drug-likeness (QED) is 0.797. The minimum Gasteiger partial charge on any atom is -0.381 e. The fourth-order valence-corrected chi connectivity index (χ4v) is 4.96. The molecule has 0 aromatic heterocycles. The third-order valence-electron chi connectivity index (χ3n) is 3.78. The van der Waals surface area contributed by atoms with Gasteiger partial charge in [0.15, 0.2) is 0 Å². The Morgan fingerprint density at radius 3 is 2.35 bits per heavy atom. The average molecular weight is 282 g/mol. The largest absolute Gasteiger partial charge is 0.381 e. The van der Waals surface area contributed by atoms with Crippen molar-refractivity contribution >= 4 is 21.6 Å². The van der Waals surface area contributed by atoms with Crippen LogP contribution in [0.3, 0.4) is 0 Å². The third-order valence-corrected chi connectivity index (χ3v) is 6.36. The highest BCUT2D eigenvalue weighted by molar-refractivity contribution is 7.90. The lowest BCUT2D eigenvalue weighted by atomic mass is 10.0. The molecule has 2 rings (SSSR count). The third kappa shape index (κ3) is 3.13. The number of sulfonamides is 1. The predicted molar refractivity (Wildman–Crippen MR) is 67.8 cm³/mol. The smallest absolute Gasteiger partial charge is 0.215 e. The van der Waals surface area contributed by atoms with Crippen LogP contribution in [-0.4, -0.2) is 38.3 Å². The molecular weight excluding hydrogens is 262 g/mol. The summed E-state index contributed by atoms with van der Waals surface area (Å²) in [4.78, 5) is 0. The Morgan fingerprint density at radius 2 is 1.82 bits per heavy atom. The Labute approximate surface area is 108 Å². The molecule has 0 atom stereocenters. The first kappa shape index (κ1) is 13.6. The van der Waals surface area contributed by atoms with Crippen LogP contribution in [0.5, 0.6) is 0 Å². The van der Waals surface area contributed by atoms with E-state index in [0.29, 0.717) is 31.9 Å². The fraction of sp³-hybridized carbons (Fsp3) is 1.00. The summed E-state index contributed by atoms with van der Waals surface area (Å²) in [5, 5.41) is -0.308. The van der Waals surface area contributed by atoms with Crippen LogP contribution in [0.4, 0.5) is 0 Å². The summed E-state index contributed by atoms with van der Waals surface area (Å²) >= 11 is 5.96. The standard InChI is InChI=1S/C11H20ClNO3S/c12-9-11(5-1-2-6-11)13-17(14,15)10-3-7-16-8-4-10/h10,13H,1-9H2. The molecule has 2 aliphatic rings. The van der Waals surface area contributed by atoms with Gasteiger partial charge in [0.2, 0.25) is 10.0 Å². The highest BCUT2D eigenvalue weighted by Gasteiger charge is 2.39. The number of nitrogens with one attached hydrogen (secondary N) is 1. The Morgan fingerprint density at radius 1 is 1.24 bits per heavy atom. The van der Waals surface area contributed by atoms with E-state index in [2.05, 4.69) is 4.72 Å². The van der Waals surface area contributed by atoms with E-state index in [0.717, 1.165) is 25.7 Å². The van der Waals surface area contributed by atoms with Crippen molar-refractivity contribution in [2.45, 2.75) is 49.3 Å². The minimum absolute atomic E-state index is 0.308. The van der Waals surface area contributed by atoms with Crippen LogP contribution in [0.25, 0.3) is 0 Å². The summed E-state index contributed by atoms with van der Waals surface area (Å²) in [5.41, 5.74) is -0.390. The zero-order valence-corrected chi connectivity index (χ0v) is 11.5. The summed E-state index contributed by atoms with van der Waals surface area (Å²) in [7, 11) is -3.25. The molecule has 2 fully saturated rings. The van der Waals surface area contributed by atoms with Crippen LogP contribution in [0.1, 0.15) is 38.5 Å². The Balaban J connectivity index is 2.05. The Bertz CT molecular complexity index is 346. The van der Waals surface area contributed by atoms with Crippen molar-refractivity contribution in [3.05, 3.63) is 0 Å². The van der Waals surface area contributed by atoms with Gasteiger partial charge in [0.25, 0.3) is 0 Å². The molecule has 1 N–H and O–H groups in total. The van der Waals surface area contributed by atoms with E-state index in [4.69, 9.17) is 16.3 Å². The topological polar surface area (TPSA) is 55.4 Å². The molecule has 1 heterocycles. The summed E-state index contributed by atoms with van der Waals surface area (Å²) in [6.45, 7) is 1.08. The van der Waals surface area contributed by atoms with Crippen molar-refractivity contribution in [1.29, 1.82) is 0 Å². The first-order chi connectivity index (χ1) is 8.08. The van der Waals surface area contributed by atoms with Gasteiger partial charge in [-0.15, -0.1) is 11.6 Å². The minimum atomic E-state index is -3.25. The van der Waals surface area contributed by atoms with Crippen LogP contribution in [0, 0.1) is 0 Å². The first-order valence-electron chi connectivity index (χ1n) is 6.24. The zero-order chi connectivity index (χ0) is 12.4. The lowest BCUT2D eigenvalue weighted by Gasteiger charge is -2.31. The van der Waals surface area contributed by atoms with Gasteiger partial charge < -0.3 is 4.74 Å². The second-order valence-electron chi connectivity index (χ2n) is 5.08. The van der Waals surface area contributed by atoms with Gasteiger partial charge >= 0.3 is 0 Å². The monoisotopic (exact) mass is 281 g/mol. The van der Waals surface area contributed by atoms with Gasteiger partial charge in [0, 0.05) is 24.6 Å². The van der Waals surface area contributed by atoms with Crippen molar-refractivity contribution < 1.29 is 13.2 Å². The van der Waals surface area contributed by atoms with E-state index < -0.39 is 15.6 Å². The van der Waals surface area contributed by atoms with Crippen molar-refractivity contribution in [2.75, 3.05) is 19.1 Å². The lowest BCUT2D eigenvalue weighted by molar-refractivity contribution is 0.0979. The number of hydrogen-bond acceptors (Lipinski definition) is 3. The molecule has 0 unspecified atom stereocenters. The molecule has 1 saturated carbocycles. The van der Waals surface area contributed by atoms with Gasteiger partial charge in [-0.1, -0.05) is 12.8 Å². The molecule has 0 aromatic rings. The molecule has 0 bridgehead atoms. The molecule has 1 aliphatic heterocycles. The van der Waals surface area contributed by atoms with E-state index in [1.807, 2.05) is 0 Å². The van der Waals surface area contributed by atoms with Crippen molar-refractivity contribution in [3.63, 3.8) is 0 Å². The first-order valence-corrected chi connectivity index (χ1v) is 8.33. The average Bonchev–Trinajstić information content (AvgIpc) is 2.79. The van der Waals surface area contributed by atoms with Gasteiger partial charge in [0.05, 0.1) is 5.25 Å². The van der Waals surface area contributed by atoms with Gasteiger partial charge in [-0.3, -0.25) is 0 Å². The maximum absolute atomic E-state index is 12.3. The number of ether oxygens (including phenoxy) is 1. The van der Waals surface area contributed by atoms with Crippen LogP contribution < -0.4 is 4.72 Å². The second kappa shape index (κ2) is 5.43. The number of alkyl halides is 1. The van der Waals surface area contributed by atoms with Crippen LogP contribution in [0.2, 0.25) is 0 Å². The highest BCUT2D eigenvalue weighted by atomic mass is 35.5. The molecule has 4 nitrogen and oxygen atoms in total. The number of halogens is 1. The number of rotatable bonds is 4. The predicted octanol–water partition coefficient (Wildman–Crippen LogP) is 1.64. The molecule has 0 spiro atoms. The molecule has 1 saturated heterocycles. The molecule has 0 aromatic carbocycles. The van der Waals surface area contributed by atoms with E-state index in [9.17, 15) is 8.42 Å². The second-order valence-corrected chi connectivity index (χ2v) is 7.31. The van der Waals surface area contributed by atoms with Crippen molar-refractivity contribution in [1.82, 2.24) is 4.72 Å². The zero-order valence-electron chi connectivity index (χ0n) is 9.95. The van der Waals surface area contributed by atoms with Crippen LogP contribution in [-0.2, 0) is 14.8 Å². The Hall–Kier alpha value is 0.160. The maximum Gasteiger partial charge on any atom is 0.215 e. The van der Waals surface area contributed by atoms with Gasteiger partial charge in [0.1, 0.15) is 0 Å². The van der Waals surface area contributed by atoms with Crippen LogP contribution in [0.15, 0.2) is 0 Å². The normalized spacial score (nSPS) is 26.2. The number of hydrogen-bond donors (Lipinski definition) is 1. The lowest BCUT2D eigenvalue weighted by Crippen LogP contribution is -2.51. The summed E-state index contributed by atoms with van der Waals surface area (Å²) < 4.78 is 32.6. The van der Waals surface area contributed by atoms with Crippen LogP contribution >= 0.6 is 11.6 Å².